The van der Waals surface area contributed by atoms with Gasteiger partial charge in [0.2, 0.25) is 0 Å². The van der Waals surface area contributed by atoms with Gasteiger partial charge in [-0.2, -0.15) is 0 Å². The van der Waals surface area contributed by atoms with Crippen molar-refractivity contribution in [2.24, 2.45) is 0 Å². The first-order valence-electron chi connectivity index (χ1n) is 0.144. The van der Waals surface area contributed by atoms with Crippen molar-refractivity contribution in [3.63, 3.8) is 0 Å². The van der Waals surface area contributed by atoms with E-state index in [1.807, 2.05) is 15.9 Å². The van der Waals surface area contributed by atoms with Gasteiger partial charge in [-0.1, -0.05) is 0 Å². The van der Waals surface area contributed by atoms with Crippen LogP contribution in [0.15, 0.2) is 0 Å². The van der Waals surface area contributed by atoms with Crippen LogP contribution in [-0.2, 0) is 19.8 Å². The average Bonchev–Trinajstić information content (AvgIpc) is 1.00. The molecule has 0 rings (SSSR count). The predicted octanol–water partition coefficient (Wildman–Crippen LogP) is -1.95. The van der Waals surface area contributed by atoms with Crippen LogP contribution < -0.4 is 0 Å². The van der Waals surface area contributed by atoms with Gasteiger partial charge < -0.3 is 0 Å². The van der Waals surface area contributed by atoms with E-state index in [1.54, 1.807) is 0 Å². The Morgan fingerprint density at radius 2 is 1.25 bits per heavy atom. The molecule has 2 radical (unpaired) electrons. The van der Waals surface area contributed by atoms with Crippen molar-refractivity contribution in [2.45, 2.75) is 0 Å². The number of hydrogen-bond acceptors (Lipinski definition) is 1. The quantitative estimate of drug-likeness (QED) is 0.475. The molecule has 0 N–H and O–H groups in total. The van der Waals surface area contributed by atoms with Gasteiger partial charge in [0.05, 0.1) is 0 Å². The van der Waals surface area contributed by atoms with E-state index in [1.165, 1.54) is 0 Å². The molecular weight excluding hydrogens is 303 g/mol. The minimum atomic E-state index is 0. The summed E-state index contributed by atoms with van der Waals surface area (Å²) in [6.45, 7) is 0. The summed E-state index contributed by atoms with van der Waals surface area (Å²) < 4.78 is 8.00. The van der Waals surface area contributed by atoms with Crippen molar-refractivity contribution in [3.8, 4) is 0 Å². The molecule has 0 fully saturated rings. The van der Waals surface area contributed by atoms with Crippen molar-refractivity contribution in [1.82, 2.24) is 0 Å². The second-order valence-corrected chi connectivity index (χ2v) is 0. The molecule has 0 aromatic carbocycles. The Morgan fingerprint density at radius 3 is 1.25 bits per heavy atom. The second-order valence-electron chi connectivity index (χ2n) is 0. The maximum atomic E-state index is 8.00. The van der Waals surface area contributed by atoms with Crippen LogP contribution in [0.25, 0.3) is 0 Å². The monoisotopic (exact) mass is 308 g/mol. The fraction of sp³-hybridized carbons (Fsp3) is 0. The van der Waals surface area contributed by atoms with Crippen molar-refractivity contribution >= 4 is 50.4 Å². The summed E-state index contributed by atoms with van der Waals surface area (Å²) >= 11 is 2.00. The molecule has 0 aromatic heterocycles. The average molecular weight is 307 g/mol. The van der Waals surface area contributed by atoms with E-state index in [4.69, 9.17) is 3.83 Å². The summed E-state index contributed by atoms with van der Waals surface area (Å²) in [5.74, 6) is 0. The molecule has 0 bridgehead atoms. The number of rotatable bonds is 0. The van der Waals surface area contributed by atoms with E-state index < -0.39 is 0 Å². The van der Waals surface area contributed by atoms with E-state index in [2.05, 4.69) is 0 Å². The first kappa shape index (κ1) is 16.7. The molecule has 0 heterocycles. The molecule has 4 heteroatoms. The first-order valence-corrected chi connectivity index (χ1v) is 0.595. The fourth-order valence-corrected chi connectivity index (χ4v) is 0. The zero-order valence-corrected chi connectivity index (χ0v) is 8.07. The van der Waals surface area contributed by atoms with Crippen LogP contribution in [0.1, 0.15) is 0 Å². The Kier molecular flexibility index (Phi) is 83.1. The van der Waals surface area contributed by atoms with Gasteiger partial charge in [-0.3, -0.25) is 0 Å². The Balaban J connectivity index is -0.00000000500. The summed E-state index contributed by atoms with van der Waals surface area (Å²) in [7, 11) is 0. The van der Waals surface area contributed by atoms with Crippen LogP contribution in [-0.4, -0.2) is 50.4 Å². The van der Waals surface area contributed by atoms with Gasteiger partial charge in [0.25, 0.3) is 0 Å². The molecule has 0 aliphatic rings. The minimum absolute atomic E-state index is 0. The summed E-state index contributed by atoms with van der Waals surface area (Å²) in [5.41, 5.74) is 0. The van der Waals surface area contributed by atoms with Crippen LogP contribution in [0.2, 0.25) is 0 Å². The third-order valence-electron chi connectivity index (χ3n) is 0. The molecule has 0 saturated carbocycles. The molecule has 0 aromatic rings. The molecular formula is H4FeMgOPb. The molecule has 0 aliphatic carbocycles. The summed E-state index contributed by atoms with van der Waals surface area (Å²) in [6.07, 6.45) is 0. The van der Waals surface area contributed by atoms with Gasteiger partial charge in [0, 0.05) is 0 Å². The zero-order valence-electron chi connectivity index (χ0n) is 1.47. The molecule has 1 nitrogen and oxygen atoms in total. The Bertz CT molecular complexity index is 8.00. The van der Waals surface area contributed by atoms with Crippen LogP contribution in [0.3, 0.4) is 0 Å². The summed E-state index contributed by atoms with van der Waals surface area (Å²) in [4.78, 5) is 0. The van der Waals surface area contributed by atoms with Gasteiger partial charge >= 0.3 is 70.1 Å². The molecule has 24 valence electrons. The third-order valence-corrected chi connectivity index (χ3v) is 0. The van der Waals surface area contributed by atoms with E-state index in [0.29, 0.717) is 0 Å². The van der Waals surface area contributed by atoms with Gasteiger partial charge in [0.1, 0.15) is 0 Å². The second kappa shape index (κ2) is 20.0. The van der Waals surface area contributed by atoms with Crippen molar-refractivity contribution in [3.05, 3.63) is 0 Å². The van der Waals surface area contributed by atoms with Crippen LogP contribution >= 0.6 is 0 Å². The third kappa shape index (κ3) is 8.99. The van der Waals surface area contributed by atoms with Crippen LogP contribution in [0.5, 0.6) is 0 Å². The van der Waals surface area contributed by atoms with Gasteiger partial charge in [-0.05, 0) is 0 Å². The maximum absolute atomic E-state index is 8.00. The summed E-state index contributed by atoms with van der Waals surface area (Å²) in [6, 6.07) is 0. The van der Waals surface area contributed by atoms with Crippen molar-refractivity contribution < 1.29 is 19.8 Å². The fourth-order valence-electron chi connectivity index (χ4n) is 0. The topological polar surface area (TPSA) is 17.1 Å². The van der Waals surface area contributed by atoms with Crippen LogP contribution in [0, 0.1) is 0 Å². The van der Waals surface area contributed by atoms with E-state index in [0.717, 1.165) is 0 Å². The van der Waals surface area contributed by atoms with E-state index in [-0.39, 0.29) is 50.4 Å². The Labute approximate surface area is 69.2 Å². The zero-order chi connectivity index (χ0) is 2.00. The van der Waals surface area contributed by atoms with Crippen molar-refractivity contribution in [2.75, 3.05) is 0 Å². The standard InChI is InChI=1S/Fe.Mg.O.Pb.4H. The van der Waals surface area contributed by atoms with Gasteiger partial charge in [0.15, 0.2) is 0 Å². The molecule has 0 aliphatic heterocycles. The molecule has 0 spiro atoms. The molecule has 0 atom stereocenters. The van der Waals surface area contributed by atoms with Crippen LogP contribution in [0.4, 0.5) is 0 Å². The Hall–Kier alpha value is 2.01. The molecule has 0 amide bonds. The predicted molar refractivity (Wildman–Crippen MR) is 17.8 cm³/mol. The van der Waals surface area contributed by atoms with Gasteiger partial charge in [-0.15, -0.1) is 0 Å². The number of hydrogen-bond donors (Lipinski definition) is 0. The summed E-state index contributed by atoms with van der Waals surface area (Å²) in [5, 5.41) is 0. The SMILES string of the molecule is [MgH2].[O]=[Fe].[PbH2]. The van der Waals surface area contributed by atoms with Crippen molar-refractivity contribution in [1.29, 1.82) is 0 Å². The molecule has 0 saturated heterocycles. The normalized spacial score (nSPS) is 1.25. The first-order chi connectivity index (χ1) is 1.00. The molecule has 4 heavy (non-hydrogen) atoms. The Morgan fingerprint density at radius 1 is 1.25 bits per heavy atom. The van der Waals surface area contributed by atoms with Gasteiger partial charge in [-0.25, -0.2) is 0 Å². The molecule has 0 unspecified atom stereocenters. The van der Waals surface area contributed by atoms with E-state index >= 15 is 0 Å². The van der Waals surface area contributed by atoms with E-state index in [9.17, 15) is 0 Å².